The SMILES string of the molecule is COc1ccnc(C(C)C(C)N)n1. The first-order valence-electron chi connectivity index (χ1n) is 4.27. The highest BCUT2D eigenvalue weighted by Gasteiger charge is 2.13. The first kappa shape index (κ1) is 9.92. The Hall–Kier alpha value is -1.16. The smallest absolute Gasteiger partial charge is 0.216 e. The Morgan fingerprint density at radius 3 is 2.69 bits per heavy atom. The van der Waals surface area contributed by atoms with Crippen molar-refractivity contribution in [3.63, 3.8) is 0 Å². The van der Waals surface area contributed by atoms with Crippen LogP contribution in [0.25, 0.3) is 0 Å². The van der Waals surface area contributed by atoms with E-state index >= 15 is 0 Å². The topological polar surface area (TPSA) is 61.0 Å². The Balaban J connectivity index is 2.88. The molecule has 0 aliphatic rings. The van der Waals surface area contributed by atoms with Gasteiger partial charge in [0.25, 0.3) is 0 Å². The van der Waals surface area contributed by atoms with Crippen molar-refractivity contribution in [1.82, 2.24) is 9.97 Å². The molecule has 0 spiro atoms. The zero-order valence-corrected chi connectivity index (χ0v) is 8.19. The van der Waals surface area contributed by atoms with Crippen LogP contribution in [-0.2, 0) is 0 Å². The highest BCUT2D eigenvalue weighted by atomic mass is 16.5. The second kappa shape index (κ2) is 4.18. The van der Waals surface area contributed by atoms with Gasteiger partial charge in [0.15, 0.2) is 0 Å². The highest BCUT2D eigenvalue weighted by Crippen LogP contribution is 2.15. The Kier molecular flexibility index (Phi) is 3.19. The Morgan fingerprint density at radius 1 is 1.46 bits per heavy atom. The quantitative estimate of drug-likeness (QED) is 0.753. The minimum Gasteiger partial charge on any atom is -0.481 e. The molecular formula is C9H15N3O. The van der Waals surface area contributed by atoms with Crippen molar-refractivity contribution in [2.45, 2.75) is 25.8 Å². The van der Waals surface area contributed by atoms with Gasteiger partial charge in [-0.3, -0.25) is 0 Å². The van der Waals surface area contributed by atoms with Crippen LogP contribution in [-0.4, -0.2) is 23.1 Å². The number of methoxy groups -OCH3 is 1. The van der Waals surface area contributed by atoms with E-state index in [1.165, 1.54) is 0 Å². The Morgan fingerprint density at radius 2 is 2.15 bits per heavy atom. The zero-order valence-electron chi connectivity index (χ0n) is 8.19. The summed E-state index contributed by atoms with van der Waals surface area (Å²) in [5, 5.41) is 0. The van der Waals surface area contributed by atoms with E-state index in [2.05, 4.69) is 9.97 Å². The second-order valence-corrected chi connectivity index (χ2v) is 3.10. The van der Waals surface area contributed by atoms with Gasteiger partial charge in [0, 0.05) is 24.2 Å². The van der Waals surface area contributed by atoms with E-state index in [0.29, 0.717) is 5.88 Å². The number of nitrogens with two attached hydrogens (primary N) is 1. The molecule has 0 bridgehead atoms. The third kappa shape index (κ3) is 2.39. The number of aromatic nitrogens is 2. The molecule has 0 saturated heterocycles. The minimum atomic E-state index is 0.0482. The molecule has 0 aromatic carbocycles. The Bertz CT molecular complexity index is 275. The van der Waals surface area contributed by atoms with Crippen molar-refractivity contribution in [3.8, 4) is 5.88 Å². The summed E-state index contributed by atoms with van der Waals surface area (Å²) in [4.78, 5) is 8.34. The van der Waals surface area contributed by atoms with Gasteiger partial charge < -0.3 is 10.5 Å². The van der Waals surface area contributed by atoms with E-state index in [9.17, 15) is 0 Å². The van der Waals surface area contributed by atoms with Crippen LogP contribution in [0.1, 0.15) is 25.6 Å². The summed E-state index contributed by atoms with van der Waals surface area (Å²) in [6.07, 6.45) is 1.68. The molecule has 0 amide bonds. The molecule has 1 aromatic heterocycles. The van der Waals surface area contributed by atoms with Gasteiger partial charge in [-0.15, -0.1) is 0 Å². The van der Waals surface area contributed by atoms with E-state index in [1.54, 1.807) is 19.4 Å². The molecular weight excluding hydrogens is 166 g/mol. The van der Waals surface area contributed by atoms with Crippen molar-refractivity contribution in [1.29, 1.82) is 0 Å². The van der Waals surface area contributed by atoms with Gasteiger partial charge in [-0.25, -0.2) is 4.98 Å². The lowest BCUT2D eigenvalue weighted by molar-refractivity contribution is 0.392. The summed E-state index contributed by atoms with van der Waals surface area (Å²) in [6.45, 7) is 3.94. The van der Waals surface area contributed by atoms with Gasteiger partial charge in [-0.05, 0) is 6.92 Å². The monoisotopic (exact) mass is 181 g/mol. The summed E-state index contributed by atoms with van der Waals surface area (Å²) >= 11 is 0. The summed E-state index contributed by atoms with van der Waals surface area (Å²) < 4.78 is 4.99. The number of rotatable bonds is 3. The summed E-state index contributed by atoms with van der Waals surface area (Å²) in [5.74, 6) is 1.46. The van der Waals surface area contributed by atoms with Gasteiger partial charge in [0.05, 0.1) is 7.11 Å². The van der Waals surface area contributed by atoms with Crippen LogP contribution in [0.5, 0.6) is 5.88 Å². The van der Waals surface area contributed by atoms with E-state index in [0.717, 1.165) is 5.82 Å². The van der Waals surface area contributed by atoms with Crippen molar-refractivity contribution in [2.75, 3.05) is 7.11 Å². The summed E-state index contributed by atoms with van der Waals surface area (Å²) in [6, 6.07) is 1.77. The maximum atomic E-state index is 5.74. The van der Waals surface area contributed by atoms with Crippen LogP contribution >= 0.6 is 0 Å². The van der Waals surface area contributed by atoms with Crippen LogP contribution in [0, 0.1) is 0 Å². The predicted molar refractivity (Wildman–Crippen MR) is 50.6 cm³/mol. The van der Waals surface area contributed by atoms with Gasteiger partial charge in [0.1, 0.15) is 5.82 Å². The molecule has 1 rings (SSSR count). The van der Waals surface area contributed by atoms with E-state index in [1.807, 2.05) is 13.8 Å². The lowest BCUT2D eigenvalue weighted by atomic mass is 10.0. The third-order valence-electron chi connectivity index (χ3n) is 2.05. The largest absolute Gasteiger partial charge is 0.481 e. The number of nitrogens with zero attached hydrogens (tertiary/aromatic N) is 2. The third-order valence-corrected chi connectivity index (χ3v) is 2.05. The van der Waals surface area contributed by atoms with Crippen LogP contribution in [0.15, 0.2) is 12.3 Å². The van der Waals surface area contributed by atoms with Crippen LogP contribution in [0.4, 0.5) is 0 Å². The lowest BCUT2D eigenvalue weighted by Crippen LogP contribution is -2.24. The number of hydrogen-bond acceptors (Lipinski definition) is 4. The lowest BCUT2D eigenvalue weighted by Gasteiger charge is -2.13. The predicted octanol–water partition coefficient (Wildman–Crippen LogP) is 0.936. The van der Waals surface area contributed by atoms with Gasteiger partial charge >= 0.3 is 0 Å². The fourth-order valence-corrected chi connectivity index (χ4v) is 0.925. The molecule has 0 aliphatic heterocycles. The van der Waals surface area contributed by atoms with Crippen molar-refractivity contribution < 1.29 is 4.74 Å². The average molecular weight is 181 g/mol. The van der Waals surface area contributed by atoms with Gasteiger partial charge in [0.2, 0.25) is 5.88 Å². The summed E-state index contributed by atoms with van der Waals surface area (Å²) in [5.41, 5.74) is 5.74. The van der Waals surface area contributed by atoms with Crippen molar-refractivity contribution in [3.05, 3.63) is 18.1 Å². The zero-order chi connectivity index (χ0) is 9.84. The molecule has 2 unspecified atom stereocenters. The van der Waals surface area contributed by atoms with Crippen LogP contribution in [0.3, 0.4) is 0 Å². The first-order chi connectivity index (χ1) is 6.15. The molecule has 0 fully saturated rings. The molecule has 0 radical (unpaired) electrons. The number of ether oxygens (including phenoxy) is 1. The molecule has 0 saturated carbocycles. The molecule has 1 aromatic rings. The molecule has 2 atom stereocenters. The fourth-order valence-electron chi connectivity index (χ4n) is 0.925. The van der Waals surface area contributed by atoms with Crippen LogP contribution in [0.2, 0.25) is 0 Å². The Labute approximate surface area is 78.1 Å². The van der Waals surface area contributed by atoms with Crippen molar-refractivity contribution >= 4 is 0 Å². The first-order valence-corrected chi connectivity index (χ1v) is 4.27. The molecule has 4 nitrogen and oxygen atoms in total. The molecule has 1 heterocycles. The van der Waals surface area contributed by atoms with E-state index in [-0.39, 0.29) is 12.0 Å². The highest BCUT2D eigenvalue weighted by molar-refractivity contribution is 5.11. The average Bonchev–Trinajstić information content (AvgIpc) is 2.16. The molecule has 72 valence electrons. The standard InChI is InChI=1S/C9H15N3O/c1-6(7(2)10)9-11-5-4-8(12-9)13-3/h4-7H,10H2,1-3H3. The second-order valence-electron chi connectivity index (χ2n) is 3.10. The minimum absolute atomic E-state index is 0.0482. The van der Waals surface area contributed by atoms with E-state index in [4.69, 9.17) is 10.5 Å². The number of hydrogen-bond donors (Lipinski definition) is 1. The summed E-state index contributed by atoms with van der Waals surface area (Å²) in [7, 11) is 1.59. The maximum absolute atomic E-state index is 5.74. The van der Waals surface area contributed by atoms with Crippen LogP contribution < -0.4 is 10.5 Å². The maximum Gasteiger partial charge on any atom is 0.216 e. The van der Waals surface area contributed by atoms with Crippen molar-refractivity contribution in [2.24, 2.45) is 5.73 Å². The fraction of sp³-hybridized carbons (Fsp3) is 0.556. The normalized spacial score (nSPS) is 15.1. The van der Waals surface area contributed by atoms with Gasteiger partial charge in [-0.2, -0.15) is 4.98 Å². The van der Waals surface area contributed by atoms with E-state index < -0.39 is 0 Å². The molecule has 13 heavy (non-hydrogen) atoms. The van der Waals surface area contributed by atoms with Gasteiger partial charge in [-0.1, -0.05) is 6.92 Å². The molecule has 4 heteroatoms. The molecule has 2 N–H and O–H groups in total. The molecule has 0 aliphatic carbocycles.